The fourth-order valence-corrected chi connectivity index (χ4v) is 7.92. The monoisotopic (exact) mass is 800 g/mol. The van der Waals surface area contributed by atoms with Crippen LogP contribution < -0.4 is 20.1 Å². The summed E-state index contributed by atoms with van der Waals surface area (Å²) in [6.07, 6.45) is 11.3. The summed E-state index contributed by atoms with van der Waals surface area (Å²) in [7, 11) is 0. The molecule has 0 atom stereocenters. The number of benzene rings is 2. The molecule has 290 valence electrons. The smallest absolute Gasteiger partial charge is 0.448 e. The minimum Gasteiger partial charge on any atom is -0.473 e. The van der Waals surface area contributed by atoms with Crippen molar-refractivity contribution in [1.82, 2.24) is 39.9 Å². The van der Waals surface area contributed by atoms with Gasteiger partial charge in [-0.1, -0.05) is 29.5 Å². The third-order valence-corrected chi connectivity index (χ3v) is 11.2. The maximum Gasteiger partial charge on any atom is 0.448 e. The lowest BCUT2D eigenvalue weighted by Crippen LogP contribution is -2.42. The molecule has 15 heteroatoms. The van der Waals surface area contributed by atoms with Gasteiger partial charge in [0.05, 0.1) is 15.7 Å². The highest BCUT2D eigenvalue weighted by atomic mass is 32.1. The fraction of sp³-hybridized carbons (Fsp3) is 0.205. The van der Waals surface area contributed by atoms with Gasteiger partial charge in [-0.15, -0.1) is 4.85 Å². The predicted molar refractivity (Wildman–Crippen MR) is 225 cm³/mol. The van der Waals surface area contributed by atoms with Crippen LogP contribution in [-0.4, -0.2) is 64.2 Å². The van der Waals surface area contributed by atoms with E-state index in [9.17, 15) is 4.39 Å². The minimum atomic E-state index is -0.299. The molecular weight excluding hydrogens is 766 g/mol. The van der Waals surface area contributed by atoms with E-state index in [2.05, 4.69) is 63.6 Å². The summed E-state index contributed by atoms with van der Waals surface area (Å²) in [5, 5.41) is 8.85. The van der Waals surface area contributed by atoms with Crippen LogP contribution >= 0.6 is 11.3 Å². The molecule has 13 nitrogen and oxygen atoms in total. The summed E-state index contributed by atoms with van der Waals surface area (Å²) in [4.78, 5) is 41.2. The van der Waals surface area contributed by atoms with Gasteiger partial charge >= 0.3 is 11.7 Å². The van der Waals surface area contributed by atoms with E-state index in [1.165, 1.54) is 23.5 Å². The molecular formula is C44H35FN11O2S+. The van der Waals surface area contributed by atoms with Crippen LogP contribution in [0.1, 0.15) is 37.1 Å². The van der Waals surface area contributed by atoms with Gasteiger partial charge in [-0.3, -0.25) is 4.98 Å². The number of anilines is 2. The van der Waals surface area contributed by atoms with Crippen LogP contribution in [0.25, 0.3) is 48.5 Å². The molecule has 2 aliphatic carbocycles. The van der Waals surface area contributed by atoms with Gasteiger partial charge in [0, 0.05) is 95.8 Å². The number of ether oxygens (including phenoxy) is 2. The molecule has 0 bridgehead atoms. The average molecular weight is 801 g/mol. The second kappa shape index (κ2) is 15.6. The largest absolute Gasteiger partial charge is 0.473 e. The van der Waals surface area contributed by atoms with Crippen molar-refractivity contribution in [1.29, 1.82) is 0 Å². The van der Waals surface area contributed by atoms with Crippen molar-refractivity contribution in [3.63, 3.8) is 0 Å². The number of hydrogen-bond donors (Lipinski definition) is 2. The number of para-hydroxylation sites is 1. The number of thiazole rings is 1. The summed E-state index contributed by atoms with van der Waals surface area (Å²) in [6.45, 7) is 1.93. The Balaban J connectivity index is 0.792. The molecule has 6 aromatic heterocycles. The average Bonchev–Trinajstić information content (AvgIpc) is 3.63. The maximum atomic E-state index is 13.7. The van der Waals surface area contributed by atoms with Crippen molar-refractivity contribution in [3.05, 3.63) is 132 Å². The quantitative estimate of drug-likeness (QED) is 0.136. The van der Waals surface area contributed by atoms with E-state index in [-0.39, 0.29) is 30.1 Å². The molecule has 10 rings (SSSR count). The fourth-order valence-electron chi connectivity index (χ4n) is 7.00. The topological polar surface area (TPSA) is 150 Å². The van der Waals surface area contributed by atoms with Gasteiger partial charge in [0.1, 0.15) is 35.7 Å². The van der Waals surface area contributed by atoms with Gasteiger partial charge in [0.15, 0.2) is 16.5 Å². The Bertz CT molecular complexity index is 2870. The Morgan fingerprint density at radius 1 is 0.695 bits per heavy atom. The van der Waals surface area contributed by atoms with E-state index in [0.717, 1.165) is 69.1 Å². The van der Waals surface area contributed by atoms with E-state index in [1.54, 1.807) is 43.1 Å². The molecule has 0 spiro atoms. The van der Waals surface area contributed by atoms with E-state index in [1.807, 2.05) is 49.4 Å². The van der Waals surface area contributed by atoms with Crippen LogP contribution in [0.5, 0.6) is 11.8 Å². The molecule has 0 saturated heterocycles. The molecule has 2 N–H and O–H groups in total. The summed E-state index contributed by atoms with van der Waals surface area (Å²) in [6, 6.07) is 27.8. The third kappa shape index (κ3) is 8.03. The number of aryl methyl sites for hydroxylation is 1. The normalized spacial score (nSPS) is 18.3. The van der Waals surface area contributed by atoms with Gasteiger partial charge in [-0.2, -0.15) is 0 Å². The SMILES string of the molecule is Cc1ccc(-c2ncc([N+]#Cc3ccc(-c4nccnc4OC4CC(Nc5ccc6ccccc6n5)C4)cn3)nc2OC2CC(Nc3nc4cc(F)ccc4s3)C2)cn1. The lowest BCUT2D eigenvalue weighted by Gasteiger charge is -2.36. The van der Waals surface area contributed by atoms with Crippen LogP contribution in [0.4, 0.5) is 21.2 Å². The molecule has 0 radical (unpaired) electrons. The Kier molecular flexibility index (Phi) is 9.59. The van der Waals surface area contributed by atoms with Crippen molar-refractivity contribution < 1.29 is 13.9 Å². The van der Waals surface area contributed by atoms with Crippen molar-refractivity contribution >= 4 is 49.2 Å². The summed E-state index contributed by atoms with van der Waals surface area (Å²) in [5.41, 5.74) is 5.71. The predicted octanol–water partition coefficient (Wildman–Crippen LogP) is 9.05. The van der Waals surface area contributed by atoms with Gasteiger partial charge < -0.3 is 20.1 Å². The first kappa shape index (κ1) is 36.2. The lowest BCUT2D eigenvalue weighted by atomic mass is 9.89. The summed E-state index contributed by atoms with van der Waals surface area (Å²) < 4.78 is 27.3. The molecule has 0 unspecified atom stereocenters. The molecule has 8 aromatic rings. The lowest BCUT2D eigenvalue weighted by molar-refractivity contribution is 0.103. The highest BCUT2D eigenvalue weighted by Crippen LogP contribution is 2.36. The molecule has 59 heavy (non-hydrogen) atoms. The second-order valence-electron chi connectivity index (χ2n) is 14.6. The van der Waals surface area contributed by atoms with E-state index in [4.69, 9.17) is 19.4 Å². The van der Waals surface area contributed by atoms with Crippen LogP contribution in [0, 0.1) is 18.8 Å². The van der Waals surface area contributed by atoms with E-state index < -0.39 is 0 Å². The van der Waals surface area contributed by atoms with Crippen molar-refractivity contribution in [2.75, 3.05) is 10.6 Å². The van der Waals surface area contributed by atoms with E-state index >= 15 is 0 Å². The molecule has 0 aliphatic heterocycles. The van der Waals surface area contributed by atoms with Gasteiger partial charge in [-0.25, -0.2) is 34.3 Å². The van der Waals surface area contributed by atoms with Gasteiger partial charge in [-0.05, 0) is 61.5 Å². The first-order valence-corrected chi connectivity index (χ1v) is 20.1. The summed E-state index contributed by atoms with van der Waals surface area (Å²) in [5.74, 6) is 1.69. The molecule has 2 aliphatic rings. The first-order chi connectivity index (χ1) is 28.9. The number of fused-ring (bicyclic) bond motifs is 2. The van der Waals surface area contributed by atoms with E-state index in [0.29, 0.717) is 40.2 Å². The highest BCUT2D eigenvalue weighted by molar-refractivity contribution is 7.22. The van der Waals surface area contributed by atoms with Crippen LogP contribution in [0.15, 0.2) is 110 Å². The molecule has 0 amide bonds. The number of aromatic nitrogens is 8. The third-order valence-electron chi connectivity index (χ3n) is 10.3. The Hall–Kier alpha value is -7.18. The first-order valence-electron chi connectivity index (χ1n) is 19.3. The molecule has 6 heterocycles. The zero-order valence-electron chi connectivity index (χ0n) is 31.7. The van der Waals surface area contributed by atoms with Gasteiger partial charge in [0.25, 0.3) is 0 Å². The van der Waals surface area contributed by atoms with Gasteiger partial charge in [0.2, 0.25) is 11.9 Å². The standard InChI is InChI=1S/C44H35FN11O2S/c1-25-6-7-27(21-48-25)41-43(58-34-19-32(20-34)53-44-55-36-16-29(45)10-12-37(36)59-44)56-39(24-51-41)50-23-30-11-8-28(22-49-30)40-42(47-15-14-46-40)57-33-17-31(18-33)52-38-13-9-26-4-2-3-5-35(26)54-38/h2-16,21-22,24,31-34H,17-20H2,1H3,(H,52,54)(H,53,55)/q+1. The van der Waals surface area contributed by atoms with Crippen LogP contribution in [0.3, 0.4) is 0 Å². The highest BCUT2D eigenvalue weighted by Gasteiger charge is 2.35. The maximum absolute atomic E-state index is 13.7. The molecule has 2 aromatic carbocycles. The number of pyridine rings is 3. The summed E-state index contributed by atoms with van der Waals surface area (Å²) >= 11 is 1.50. The van der Waals surface area contributed by atoms with Crippen molar-refractivity contribution in [2.45, 2.75) is 56.9 Å². The Morgan fingerprint density at radius 3 is 2.27 bits per heavy atom. The Morgan fingerprint density at radius 2 is 1.46 bits per heavy atom. The zero-order chi connectivity index (χ0) is 39.7. The minimum absolute atomic E-state index is 0.000210. The number of rotatable bonds is 10. The number of halogens is 1. The Labute approximate surface area is 341 Å². The van der Waals surface area contributed by atoms with Crippen LogP contribution in [0.2, 0.25) is 0 Å². The number of hydrogen-bond acceptors (Lipinski definition) is 13. The second-order valence-corrected chi connectivity index (χ2v) is 15.6. The zero-order valence-corrected chi connectivity index (χ0v) is 32.5. The number of nitrogens with one attached hydrogen (secondary N) is 2. The molecule has 2 saturated carbocycles. The number of nitrogens with zero attached hydrogens (tertiary/aromatic N) is 9. The van der Waals surface area contributed by atoms with Crippen LogP contribution in [-0.2, 0) is 0 Å². The van der Waals surface area contributed by atoms with Crippen molar-refractivity contribution in [2.24, 2.45) is 0 Å². The molecule has 2 fully saturated rings. The van der Waals surface area contributed by atoms with Crippen molar-refractivity contribution in [3.8, 4) is 40.3 Å².